The Morgan fingerprint density at radius 2 is 1.95 bits per heavy atom. The summed E-state index contributed by atoms with van der Waals surface area (Å²) in [6, 6.07) is 6.70. The quantitative estimate of drug-likeness (QED) is 0.882. The molecule has 2 heterocycles. The Kier molecular flexibility index (Phi) is 4.22. The summed E-state index contributed by atoms with van der Waals surface area (Å²) in [6.07, 6.45) is 1.61. The van der Waals surface area contributed by atoms with E-state index in [0.29, 0.717) is 5.69 Å². The first-order valence-corrected chi connectivity index (χ1v) is 9.02. The molecule has 0 amide bonds. The minimum absolute atomic E-state index is 0.132. The number of aromatic nitrogens is 1. The van der Waals surface area contributed by atoms with Crippen LogP contribution in [0.4, 0.5) is 5.69 Å². The summed E-state index contributed by atoms with van der Waals surface area (Å²) in [7, 11) is -3.54. The molecular formula is C13H15BrN2O2S2. The van der Waals surface area contributed by atoms with E-state index >= 15 is 0 Å². The lowest BCUT2D eigenvalue weighted by atomic mass is 9.91. The van der Waals surface area contributed by atoms with E-state index in [1.54, 1.807) is 30.5 Å². The predicted molar refractivity (Wildman–Crippen MR) is 85.8 cm³/mol. The normalized spacial score (nSPS) is 12.4. The third kappa shape index (κ3) is 3.59. The van der Waals surface area contributed by atoms with Crippen LogP contribution in [0.25, 0.3) is 0 Å². The molecule has 4 nitrogen and oxygen atoms in total. The fourth-order valence-corrected chi connectivity index (χ4v) is 4.61. The van der Waals surface area contributed by atoms with Gasteiger partial charge in [-0.2, -0.15) is 0 Å². The standard InChI is InChI=1S/C13H15BrN2O2S2/c1-13(2,3)10-8-9(6-7-15-10)16-20(17,18)12-5-4-11(14)19-12/h4-8H,1-3H3,(H,15,16). The van der Waals surface area contributed by atoms with Gasteiger partial charge >= 0.3 is 0 Å². The summed E-state index contributed by atoms with van der Waals surface area (Å²) >= 11 is 4.44. The second-order valence-corrected chi connectivity index (χ2v) is 9.72. The van der Waals surface area contributed by atoms with E-state index in [1.165, 1.54) is 11.3 Å². The van der Waals surface area contributed by atoms with E-state index in [-0.39, 0.29) is 9.62 Å². The number of sulfonamides is 1. The first-order valence-electron chi connectivity index (χ1n) is 5.93. The molecule has 7 heteroatoms. The molecule has 2 aromatic heterocycles. The molecule has 0 atom stereocenters. The zero-order valence-electron chi connectivity index (χ0n) is 11.3. The second kappa shape index (κ2) is 5.46. The largest absolute Gasteiger partial charge is 0.279 e. The van der Waals surface area contributed by atoms with Gasteiger partial charge in [0.25, 0.3) is 10.0 Å². The van der Waals surface area contributed by atoms with E-state index in [4.69, 9.17) is 0 Å². The minimum atomic E-state index is -3.54. The molecule has 0 aliphatic carbocycles. The lowest BCUT2D eigenvalue weighted by Gasteiger charge is -2.18. The van der Waals surface area contributed by atoms with Gasteiger partial charge in [0, 0.05) is 17.3 Å². The molecule has 0 saturated carbocycles. The highest BCUT2D eigenvalue weighted by molar-refractivity contribution is 9.11. The maximum atomic E-state index is 12.2. The Bertz CT molecular complexity index is 718. The molecule has 2 rings (SSSR count). The van der Waals surface area contributed by atoms with Crippen LogP contribution in [0, 0.1) is 0 Å². The fourth-order valence-electron chi connectivity index (χ4n) is 1.55. The van der Waals surface area contributed by atoms with Crippen molar-refractivity contribution in [2.45, 2.75) is 30.4 Å². The van der Waals surface area contributed by atoms with Crippen LogP contribution in [0.5, 0.6) is 0 Å². The van der Waals surface area contributed by atoms with Gasteiger partial charge < -0.3 is 0 Å². The molecule has 20 heavy (non-hydrogen) atoms. The van der Waals surface area contributed by atoms with Crippen molar-refractivity contribution in [1.29, 1.82) is 0 Å². The minimum Gasteiger partial charge on any atom is -0.279 e. The highest BCUT2D eigenvalue weighted by atomic mass is 79.9. The van der Waals surface area contributed by atoms with Crippen molar-refractivity contribution in [3.05, 3.63) is 39.9 Å². The van der Waals surface area contributed by atoms with Crippen LogP contribution in [0.2, 0.25) is 0 Å². The van der Waals surface area contributed by atoms with E-state index in [1.807, 2.05) is 20.8 Å². The number of halogens is 1. The highest BCUT2D eigenvalue weighted by Gasteiger charge is 2.19. The van der Waals surface area contributed by atoms with Crippen LogP contribution in [0.1, 0.15) is 26.5 Å². The van der Waals surface area contributed by atoms with Gasteiger partial charge in [-0.15, -0.1) is 11.3 Å². The summed E-state index contributed by atoms with van der Waals surface area (Å²) in [6.45, 7) is 6.10. The smallest absolute Gasteiger partial charge is 0.271 e. The maximum Gasteiger partial charge on any atom is 0.271 e. The molecule has 0 aliphatic rings. The van der Waals surface area contributed by atoms with Gasteiger partial charge in [-0.3, -0.25) is 9.71 Å². The van der Waals surface area contributed by atoms with Crippen LogP contribution in [-0.4, -0.2) is 13.4 Å². The Morgan fingerprint density at radius 1 is 1.25 bits per heavy atom. The van der Waals surface area contributed by atoms with Gasteiger partial charge in [0.15, 0.2) is 0 Å². The van der Waals surface area contributed by atoms with Crippen molar-refractivity contribution >= 4 is 43.0 Å². The van der Waals surface area contributed by atoms with Gasteiger partial charge in [0.05, 0.1) is 9.47 Å². The van der Waals surface area contributed by atoms with Gasteiger partial charge in [0.2, 0.25) is 0 Å². The molecule has 0 fully saturated rings. The number of hydrogen-bond acceptors (Lipinski definition) is 4. The molecule has 2 aromatic rings. The Hall–Kier alpha value is -0.920. The lowest BCUT2D eigenvalue weighted by Crippen LogP contribution is -2.16. The van der Waals surface area contributed by atoms with Crippen molar-refractivity contribution in [2.75, 3.05) is 4.72 Å². The number of thiophene rings is 1. The summed E-state index contributed by atoms with van der Waals surface area (Å²) in [4.78, 5) is 4.28. The van der Waals surface area contributed by atoms with E-state index in [0.717, 1.165) is 9.48 Å². The molecule has 0 unspecified atom stereocenters. The molecule has 1 N–H and O–H groups in total. The number of pyridine rings is 1. The summed E-state index contributed by atoms with van der Waals surface area (Å²) in [5.74, 6) is 0. The van der Waals surface area contributed by atoms with Crippen molar-refractivity contribution in [1.82, 2.24) is 4.98 Å². The lowest BCUT2D eigenvalue weighted by molar-refractivity contribution is 0.569. The average molecular weight is 375 g/mol. The number of rotatable bonds is 3. The number of nitrogens with one attached hydrogen (secondary N) is 1. The third-order valence-electron chi connectivity index (χ3n) is 2.59. The Labute approximate surface area is 131 Å². The van der Waals surface area contributed by atoms with Crippen LogP contribution in [0.3, 0.4) is 0 Å². The fraction of sp³-hybridized carbons (Fsp3) is 0.308. The monoisotopic (exact) mass is 374 g/mol. The van der Waals surface area contributed by atoms with E-state index in [9.17, 15) is 8.42 Å². The second-order valence-electron chi connectivity index (χ2n) is 5.34. The number of anilines is 1. The SMILES string of the molecule is CC(C)(C)c1cc(NS(=O)(=O)c2ccc(Br)s2)ccn1. The van der Waals surface area contributed by atoms with Crippen LogP contribution < -0.4 is 4.72 Å². The molecule has 0 saturated heterocycles. The topological polar surface area (TPSA) is 59.1 Å². The van der Waals surface area contributed by atoms with Crippen molar-refractivity contribution in [3.8, 4) is 0 Å². The number of nitrogens with zero attached hydrogens (tertiary/aromatic N) is 1. The van der Waals surface area contributed by atoms with Gasteiger partial charge in [-0.05, 0) is 40.2 Å². The zero-order chi connectivity index (χ0) is 15.0. The molecular weight excluding hydrogens is 360 g/mol. The highest BCUT2D eigenvalue weighted by Crippen LogP contribution is 2.28. The zero-order valence-corrected chi connectivity index (χ0v) is 14.6. The van der Waals surface area contributed by atoms with Crippen LogP contribution >= 0.6 is 27.3 Å². The van der Waals surface area contributed by atoms with Gasteiger partial charge in [-0.25, -0.2) is 8.42 Å². The predicted octanol–water partition coefficient (Wildman–Crippen LogP) is 4.00. The summed E-state index contributed by atoms with van der Waals surface area (Å²) in [5, 5.41) is 0. The third-order valence-corrected chi connectivity index (χ3v) is 6.09. The molecule has 0 spiro atoms. The summed E-state index contributed by atoms with van der Waals surface area (Å²) < 4.78 is 28.1. The molecule has 0 radical (unpaired) electrons. The number of hydrogen-bond donors (Lipinski definition) is 1. The van der Waals surface area contributed by atoms with E-state index < -0.39 is 10.0 Å². The average Bonchev–Trinajstić information content (AvgIpc) is 2.75. The Balaban J connectivity index is 2.31. The van der Waals surface area contributed by atoms with Crippen LogP contribution in [0.15, 0.2) is 38.5 Å². The van der Waals surface area contributed by atoms with Crippen LogP contribution in [-0.2, 0) is 15.4 Å². The van der Waals surface area contributed by atoms with E-state index in [2.05, 4.69) is 25.6 Å². The maximum absolute atomic E-state index is 12.2. The molecule has 108 valence electrons. The molecule has 0 bridgehead atoms. The Morgan fingerprint density at radius 3 is 2.50 bits per heavy atom. The first-order chi connectivity index (χ1) is 9.18. The van der Waals surface area contributed by atoms with Gasteiger partial charge in [-0.1, -0.05) is 20.8 Å². The van der Waals surface area contributed by atoms with Gasteiger partial charge in [0.1, 0.15) is 4.21 Å². The molecule has 0 aliphatic heterocycles. The first kappa shape index (κ1) is 15.5. The van der Waals surface area contributed by atoms with Crippen molar-refractivity contribution in [3.63, 3.8) is 0 Å². The molecule has 0 aromatic carbocycles. The van der Waals surface area contributed by atoms with Crippen molar-refractivity contribution < 1.29 is 8.42 Å². The summed E-state index contributed by atoms with van der Waals surface area (Å²) in [5.41, 5.74) is 1.23. The van der Waals surface area contributed by atoms with Crippen molar-refractivity contribution in [2.24, 2.45) is 0 Å².